The molecule has 0 saturated carbocycles. The number of nitrogens with zero attached hydrogens (tertiary/aromatic N) is 2. The van der Waals surface area contributed by atoms with Crippen molar-refractivity contribution in [1.29, 1.82) is 5.41 Å². The second-order valence-corrected chi connectivity index (χ2v) is 10.5. The Morgan fingerprint density at radius 3 is 2.39 bits per heavy atom. The lowest BCUT2D eigenvalue weighted by Gasteiger charge is -2.19. The fourth-order valence-corrected chi connectivity index (χ4v) is 3.78. The molecule has 0 spiro atoms. The van der Waals surface area contributed by atoms with E-state index in [1.54, 1.807) is 40.0 Å². The number of aromatic nitrogens is 2. The van der Waals surface area contributed by atoms with Crippen LogP contribution in [0.1, 0.15) is 31.9 Å². The largest absolute Gasteiger partial charge is 0.444 e. The summed E-state index contributed by atoms with van der Waals surface area (Å²) >= 11 is 1.34. The molecular formula is C20H29N7O4S2. The van der Waals surface area contributed by atoms with E-state index in [9.17, 15) is 13.2 Å². The first-order chi connectivity index (χ1) is 15.4. The number of hydrogen-bond donors (Lipinski definition) is 5. The van der Waals surface area contributed by atoms with Crippen molar-refractivity contribution in [1.82, 2.24) is 15.3 Å². The van der Waals surface area contributed by atoms with Crippen molar-refractivity contribution < 1.29 is 17.9 Å². The highest BCUT2D eigenvalue weighted by Crippen LogP contribution is 2.24. The van der Waals surface area contributed by atoms with Crippen molar-refractivity contribution >= 4 is 45.7 Å². The molecule has 0 atom stereocenters. The molecule has 0 aliphatic rings. The second-order valence-electron chi connectivity index (χ2n) is 7.83. The Morgan fingerprint density at radius 1 is 1.21 bits per heavy atom. The number of carbonyl (C=O) groups excluding carboxylic acids is 1. The number of amides is 1. The van der Waals surface area contributed by atoms with Crippen LogP contribution in [0.25, 0.3) is 0 Å². The number of thioether (sulfide) groups is 1. The Labute approximate surface area is 197 Å². The van der Waals surface area contributed by atoms with Gasteiger partial charge in [0.2, 0.25) is 10.0 Å². The van der Waals surface area contributed by atoms with E-state index in [4.69, 9.17) is 15.3 Å². The van der Waals surface area contributed by atoms with E-state index in [1.807, 2.05) is 0 Å². The average molecular weight is 496 g/mol. The number of nitrogens with one attached hydrogen (secondary N) is 4. The lowest BCUT2D eigenvalue weighted by Crippen LogP contribution is -2.33. The summed E-state index contributed by atoms with van der Waals surface area (Å²) in [5.74, 6) is 1.44. The highest BCUT2D eigenvalue weighted by Gasteiger charge is 2.16. The second kappa shape index (κ2) is 11.3. The summed E-state index contributed by atoms with van der Waals surface area (Å²) in [5.41, 5.74) is 0.720. The highest BCUT2D eigenvalue weighted by molar-refractivity contribution is 7.99. The van der Waals surface area contributed by atoms with Crippen LogP contribution >= 0.6 is 11.8 Å². The van der Waals surface area contributed by atoms with Gasteiger partial charge in [0.05, 0.1) is 10.5 Å². The number of anilines is 2. The molecule has 11 nitrogen and oxygen atoms in total. The fourth-order valence-electron chi connectivity index (χ4n) is 2.57. The molecule has 2 aromatic rings. The van der Waals surface area contributed by atoms with Gasteiger partial charge in [-0.3, -0.25) is 0 Å². The van der Waals surface area contributed by atoms with Gasteiger partial charge in [0.15, 0.2) is 5.16 Å². The zero-order valence-electron chi connectivity index (χ0n) is 18.9. The van der Waals surface area contributed by atoms with Crippen molar-refractivity contribution in [2.24, 2.45) is 5.14 Å². The standard InChI is InChI=1S/C20H29N7O4S2/c1-20(2,3)31-19(28)24-9-10-32-18-26-16(23-4)15(11-21)17(27-18)25-12-13-5-7-14(8-6-13)33(22,29)30/h5-8,11,21H,9-10,12H2,1-4H3,(H,24,28)(H2,22,29,30)(H2,23,25,26,27). The molecule has 0 aliphatic heterocycles. The van der Waals surface area contributed by atoms with Crippen molar-refractivity contribution in [2.45, 2.75) is 43.0 Å². The molecule has 1 heterocycles. The van der Waals surface area contributed by atoms with E-state index in [1.165, 1.54) is 23.9 Å². The normalized spacial score (nSPS) is 11.5. The minimum Gasteiger partial charge on any atom is -0.444 e. The number of benzene rings is 1. The number of nitrogens with two attached hydrogens (primary N) is 1. The molecule has 13 heteroatoms. The summed E-state index contributed by atoms with van der Waals surface area (Å²) in [7, 11) is -2.06. The highest BCUT2D eigenvalue weighted by atomic mass is 32.2. The maximum atomic E-state index is 11.7. The monoisotopic (exact) mass is 495 g/mol. The number of rotatable bonds is 10. The molecule has 0 radical (unpaired) electrons. The van der Waals surface area contributed by atoms with E-state index in [-0.39, 0.29) is 4.90 Å². The van der Waals surface area contributed by atoms with Gasteiger partial charge in [-0.05, 0) is 38.5 Å². The summed E-state index contributed by atoms with van der Waals surface area (Å²) in [6.07, 6.45) is 0.659. The van der Waals surface area contributed by atoms with Crippen LogP contribution in [-0.2, 0) is 21.3 Å². The summed E-state index contributed by atoms with van der Waals surface area (Å²) in [6, 6.07) is 6.16. The van der Waals surface area contributed by atoms with Gasteiger partial charge in [-0.15, -0.1) is 0 Å². The molecule has 0 aliphatic carbocycles. The van der Waals surface area contributed by atoms with Gasteiger partial charge in [-0.1, -0.05) is 23.9 Å². The molecule has 2 rings (SSSR count). The first-order valence-corrected chi connectivity index (χ1v) is 12.5. The van der Waals surface area contributed by atoms with Gasteiger partial charge in [-0.25, -0.2) is 28.3 Å². The van der Waals surface area contributed by atoms with Crippen LogP contribution in [0.5, 0.6) is 0 Å². The quantitative estimate of drug-likeness (QED) is 0.144. The van der Waals surface area contributed by atoms with Crippen LogP contribution in [0.15, 0.2) is 34.3 Å². The summed E-state index contributed by atoms with van der Waals surface area (Å²) in [5, 5.41) is 22.1. The molecule has 0 unspecified atom stereocenters. The van der Waals surface area contributed by atoms with Crippen LogP contribution < -0.4 is 21.1 Å². The molecular weight excluding hydrogens is 466 g/mol. The zero-order chi connectivity index (χ0) is 24.6. The third-order valence-corrected chi connectivity index (χ3v) is 5.80. The molecule has 180 valence electrons. The maximum absolute atomic E-state index is 11.7. The summed E-state index contributed by atoms with van der Waals surface area (Å²) < 4.78 is 28.0. The van der Waals surface area contributed by atoms with Crippen LogP contribution in [-0.4, -0.2) is 55.6 Å². The van der Waals surface area contributed by atoms with Gasteiger partial charge in [0.25, 0.3) is 0 Å². The average Bonchev–Trinajstić information content (AvgIpc) is 2.73. The molecule has 0 saturated heterocycles. The minimum atomic E-state index is -3.75. The Hall–Kier alpha value is -2.90. The van der Waals surface area contributed by atoms with E-state index in [0.717, 1.165) is 11.8 Å². The van der Waals surface area contributed by atoms with E-state index in [2.05, 4.69) is 25.9 Å². The Bertz CT molecular complexity index is 1080. The van der Waals surface area contributed by atoms with E-state index >= 15 is 0 Å². The smallest absolute Gasteiger partial charge is 0.407 e. The molecule has 1 amide bonds. The lowest BCUT2D eigenvalue weighted by atomic mass is 10.2. The number of sulfonamides is 1. The number of hydrogen-bond acceptors (Lipinski definition) is 10. The fraction of sp³-hybridized carbons (Fsp3) is 0.400. The number of primary sulfonamides is 1. The van der Waals surface area contributed by atoms with Crippen LogP contribution in [0.3, 0.4) is 0 Å². The van der Waals surface area contributed by atoms with Gasteiger partial charge in [-0.2, -0.15) is 0 Å². The number of carbonyl (C=O) groups is 1. The first kappa shape index (κ1) is 26.4. The molecule has 1 aromatic carbocycles. The van der Waals surface area contributed by atoms with E-state index in [0.29, 0.717) is 41.2 Å². The maximum Gasteiger partial charge on any atom is 0.407 e. The summed E-state index contributed by atoms with van der Waals surface area (Å²) in [6.45, 7) is 6.09. The Balaban J connectivity index is 2.06. The van der Waals surface area contributed by atoms with Gasteiger partial charge < -0.3 is 26.1 Å². The first-order valence-electron chi connectivity index (χ1n) is 9.98. The predicted octanol–water partition coefficient (Wildman–Crippen LogP) is 2.39. The third kappa shape index (κ3) is 8.51. The molecule has 0 bridgehead atoms. The van der Waals surface area contributed by atoms with E-state index < -0.39 is 21.7 Å². The zero-order valence-corrected chi connectivity index (χ0v) is 20.6. The summed E-state index contributed by atoms with van der Waals surface area (Å²) in [4.78, 5) is 20.7. The number of alkyl carbamates (subject to hydrolysis) is 1. The predicted molar refractivity (Wildman–Crippen MR) is 130 cm³/mol. The Kier molecular flexibility index (Phi) is 9.02. The SMILES string of the molecule is CNc1nc(SCCNC(=O)OC(C)(C)C)nc(NCc2ccc(S(N)(=O)=O)cc2)c1C=N. The van der Waals surface area contributed by atoms with Gasteiger partial charge in [0, 0.05) is 32.1 Å². The molecule has 0 fully saturated rings. The van der Waals surface area contributed by atoms with Crippen molar-refractivity contribution in [3.8, 4) is 0 Å². The van der Waals surface area contributed by atoms with Gasteiger partial charge >= 0.3 is 6.09 Å². The van der Waals surface area contributed by atoms with Crippen LogP contribution in [0, 0.1) is 5.41 Å². The minimum absolute atomic E-state index is 0.0320. The van der Waals surface area contributed by atoms with Crippen molar-refractivity contribution in [3.63, 3.8) is 0 Å². The Morgan fingerprint density at radius 2 is 1.85 bits per heavy atom. The van der Waals surface area contributed by atoms with Crippen LogP contribution in [0.2, 0.25) is 0 Å². The van der Waals surface area contributed by atoms with Crippen LogP contribution in [0.4, 0.5) is 16.4 Å². The molecule has 1 aromatic heterocycles. The number of ether oxygens (including phenoxy) is 1. The van der Waals surface area contributed by atoms with Gasteiger partial charge in [0.1, 0.15) is 17.2 Å². The van der Waals surface area contributed by atoms with Crippen molar-refractivity contribution in [3.05, 3.63) is 35.4 Å². The third-order valence-electron chi connectivity index (χ3n) is 4.02. The molecule has 6 N–H and O–H groups in total. The van der Waals surface area contributed by atoms with Crippen molar-refractivity contribution in [2.75, 3.05) is 30.0 Å². The lowest BCUT2D eigenvalue weighted by molar-refractivity contribution is 0.0531. The topological polar surface area (TPSA) is 172 Å². The molecule has 33 heavy (non-hydrogen) atoms.